The molecule has 180 valence electrons. The van der Waals surface area contributed by atoms with Crippen molar-refractivity contribution >= 4 is 24.2 Å². The number of rotatable bonds is 8. The van der Waals surface area contributed by atoms with Crippen molar-refractivity contribution in [2.75, 3.05) is 0 Å². The summed E-state index contributed by atoms with van der Waals surface area (Å²) in [5.41, 5.74) is 6.04. The molecule has 36 heavy (non-hydrogen) atoms. The molecule has 5 heteroatoms. The molecule has 0 bridgehead atoms. The number of hydrogen-bond acceptors (Lipinski definition) is 4. The lowest BCUT2D eigenvalue weighted by atomic mass is 9.95. The Hall–Kier alpha value is -4.64. The van der Waals surface area contributed by atoms with Gasteiger partial charge in [-0.25, -0.2) is 4.79 Å². The summed E-state index contributed by atoms with van der Waals surface area (Å²) in [5, 5.41) is 2.86. The summed E-state index contributed by atoms with van der Waals surface area (Å²) in [6, 6.07) is 33.0. The standard InChI is InChI=1S/C31H27NO4/c1-23(33)36-28-19-16-24(17-20-28)15-18-26-11-5-7-13-29(26)30-14-8-6-12-27(30)21-32-31(34)35-22-25-9-3-2-4-10-25/h2-20H,21-22H2,1H3,(H,32,34). The molecule has 0 spiro atoms. The van der Waals surface area contributed by atoms with Crippen molar-refractivity contribution in [3.05, 3.63) is 125 Å². The highest BCUT2D eigenvalue weighted by Gasteiger charge is 2.10. The van der Waals surface area contributed by atoms with E-state index in [-0.39, 0.29) is 12.6 Å². The first-order valence-electron chi connectivity index (χ1n) is 11.7. The minimum absolute atomic E-state index is 0.226. The van der Waals surface area contributed by atoms with Crippen molar-refractivity contribution in [3.8, 4) is 16.9 Å². The summed E-state index contributed by atoms with van der Waals surface area (Å²) in [5.74, 6) is 0.175. The highest BCUT2D eigenvalue weighted by Crippen LogP contribution is 2.29. The number of alkyl carbamates (subject to hydrolysis) is 1. The molecule has 4 aromatic rings. The summed E-state index contributed by atoms with van der Waals surface area (Å²) in [4.78, 5) is 23.4. The van der Waals surface area contributed by atoms with E-state index in [0.29, 0.717) is 12.3 Å². The Morgan fingerprint density at radius 1 is 0.750 bits per heavy atom. The van der Waals surface area contributed by atoms with Gasteiger partial charge in [0.25, 0.3) is 0 Å². The predicted molar refractivity (Wildman–Crippen MR) is 142 cm³/mol. The molecular formula is C31H27NO4. The highest BCUT2D eigenvalue weighted by molar-refractivity contribution is 5.82. The second-order valence-corrected chi connectivity index (χ2v) is 8.16. The SMILES string of the molecule is CC(=O)Oc1ccc(C=Cc2ccccc2-c2ccccc2CNC(=O)OCc2ccccc2)cc1. The maximum absolute atomic E-state index is 12.3. The number of benzene rings is 4. The molecule has 4 rings (SSSR count). The second kappa shape index (κ2) is 12.2. The van der Waals surface area contributed by atoms with Gasteiger partial charge in [-0.15, -0.1) is 0 Å². The molecule has 1 amide bonds. The fraction of sp³-hybridized carbons (Fsp3) is 0.0968. The van der Waals surface area contributed by atoms with E-state index in [4.69, 9.17) is 9.47 Å². The van der Waals surface area contributed by atoms with Gasteiger partial charge in [-0.05, 0) is 45.5 Å². The Bertz CT molecular complexity index is 1340. The zero-order valence-corrected chi connectivity index (χ0v) is 20.0. The molecule has 0 fully saturated rings. The predicted octanol–water partition coefficient (Wildman–Crippen LogP) is 6.88. The molecule has 5 nitrogen and oxygen atoms in total. The third-order valence-electron chi connectivity index (χ3n) is 5.50. The largest absolute Gasteiger partial charge is 0.445 e. The molecule has 0 saturated heterocycles. The molecule has 0 unspecified atom stereocenters. The quantitative estimate of drug-likeness (QED) is 0.171. The molecule has 1 N–H and O–H groups in total. The monoisotopic (exact) mass is 477 g/mol. The van der Waals surface area contributed by atoms with Crippen LogP contribution in [0.1, 0.15) is 29.2 Å². The fourth-order valence-corrected chi connectivity index (χ4v) is 3.77. The van der Waals surface area contributed by atoms with Crippen molar-refractivity contribution in [1.82, 2.24) is 5.32 Å². The van der Waals surface area contributed by atoms with Gasteiger partial charge in [0.1, 0.15) is 12.4 Å². The lowest BCUT2D eigenvalue weighted by Crippen LogP contribution is -2.23. The number of carbonyl (C=O) groups excluding carboxylic acids is 2. The fourth-order valence-electron chi connectivity index (χ4n) is 3.77. The van der Waals surface area contributed by atoms with Crippen LogP contribution in [0.3, 0.4) is 0 Å². The van der Waals surface area contributed by atoms with Crippen LogP contribution in [0.2, 0.25) is 0 Å². The average Bonchev–Trinajstić information content (AvgIpc) is 2.91. The normalized spacial score (nSPS) is 10.7. The smallest absolute Gasteiger partial charge is 0.407 e. The van der Waals surface area contributed by atoms with Crippen molar-refractivity contribution in [1.29, 1.82) is 0 Å². The molecule has 0 saturated carbocycles. The van der Waals surface area contributed by atoms with Gasteiger partial charge in [0.2, 0.25) is 0 Å². The molecule has 4 aromatic carbocycles. The molecule has 0 heterocycles. The number of carbonyl (C=O) groups is 2. The first-order valence-corrected chi connectivity index (χ1v) is 11.7. The molecular weight excluding hydrogens is 450 g/mol. The second-order valence-electron chi connectivity index (χ2n) is 8.16. The van der Waals surface area contributed by atoms with E-state index in [0.717, 1.165) is 33.4 Å². The van der Waals surface area contributed by atoms with Gasteiger partial charge in [-0.2, -0.15) is 0 Å². The number of amides is 1. The van der Waals surface area contributed by atoms with Crippen LogP contribution >= 0.6 is 0 Å². The van der Waals surface area contributed by atoms with Gasteiger partial charge in [0.15, 0.2) is 0 Å². The topological polar surface area (TPSA) is 64.6 Å². The Morgan fingerprint density at radius 3 is 2.17 bits per heavy atom. The van der Waals surface area contributed by atoms with Gasteiger partial charge in [-0.3, -0.25) is 4.79 Å². The number of hydrogen-bond donors (Lipinski definition) is 1. The van der Waals surface area contributed by atoms with Crippen LogP contribution in [0.25, 0.3) is 23.3 Å². The van der Waals surface area contributed by atoms with Crippen LogP contribution in [-0.2, 0) is 22.7 Å². The summed E-state index contributed by atoms with van der Waals surface area (Å²) in [6.45, 7) is 1.95. The average molecular weight is 478 g/mol. The lowest BCUT2D eigenvalue weighted by molar-refractivity contribution is -0.131. The van der Waals surface area contributed by atoms with Gasteiger partial charge < -0.3 is 14.8 Å². The van der Waals surface area contributed by atoms with E-state index in [1.807, 2.05) is 84.9 Å². The van der Waals surface area contributed by atoms with Crippen molar-refractivity contribution in [2.45, 2.75) is 20.1 Å². The van der Waals surface area contributed by atoms with Gasteiger partial charge in [0.05, 0.1) is 0 Å². The lowest BCUT2D eigenvalue weighted by Gasteiger charge is -2.13. The van der Waals surface area contributed by atoms with E-state index in [2.05, 4.69) is 23.5 Å². The molecule has 0 aliphatic heterocycles. The Morgan fingerprint density at radius 2 is 1.42 bits per heavy atom. The Balaban J connectivity index is 1.46. The van der Waals surface area contributed by atoms with Crippen LogP contribution in [0.15, 0.2) is 103 Å². The Kier molecular flexibility index (Phi) is 8.28. The minimum atomic E-state index is -0.459. The van der Waals surface area contributed by atoms with E-state index in [1.165, 1.54) is 6.92 Å². The van der Waals surface area contributed by atoms with Crippen molar-refractivity contribution in [3.63, 3.8) is 0 Å². The first kappa shape index (κ1) is 24.5. The van der Waals surface area contributed by atoms with Gasteiger partial charge in [-0.1, -0.05) is 103 Å². The number of esters is 1. The summed E-state index contributed by atoms with van der Waals surface area (Å²) in [6.07, 6.45) is 3.60. The van der Waals surface area contributed by atoms with E-state index in [9.17, 15) is 9.59 Å². The van der Waals surface area contributed by atoms with E-state index >= 15 is 0 Å². The van der Waals surface area contributed by atoms with Crippen LogP contribution in [0, 0.1) is 0 Å². The summed E-state index contributed by atoms with van der Waals surface area (Å²) in [7, 11) is 0. The zero-order valence-electron chi connectivity index (χ0n) is 20.0. The zero-order chi connectivity index (χ0) is 25.2. The maximum Gasteiger partial charge on any atom is 0.407 e. The molecule has 0 atom stereocenters. The molecule has 0 aliphatic carbocycles. The number of nitrogens with one attached hydrogen (secondary N) is 1. The molecule has 0 aliphatic rings. The summed E-state index contributed by atoms with van der Waals surface area (Å²) >= 11 is 0. The third-order valence-corrected chi connectivity index (χ3v) is 5.50. The number of ether oxygens (including phenoxy) is 2. The van der Waals surface area contributed by atoms with Crippen LogP contribution < -0.4 is 10.1 Å². The van der Waals surface area contributed by atoms with Crippen molar-refractivity contribution in [2.24, 2.45) is 0 Å². The Labute approximate surface area is 211 Å². The first-order chi connectivity index (χ1) is 17.6. The molecule has 0 aromatic heterocycles. The van der Waals surface area contributed by atoms with E-state index < -0.39 is 6.09 Å². The maximum atomic E-state index is 12.3. The van der Waals surface area contributed by atoms with Crippen molar-refractivity contribution < 1.29 is 19.1 Å². The van der Waals surface area contributed by atoms with E-state index in [1.54, 1.807) is 12.1 Å². The summed E-state index contributed by atoms with van der Waals surface area (Å²) < 4.78 is 10.4. The highest BCUT2D eigenvalue weighted by atomic mass is 16.5. The third kappa shape index (κ3) is 6.93. The minimum Gasteiger partial charge on any atom is -0.445 e. The van der Waals surface area contributed by atoms with Crippen LogP contribution in [0.4, 0.5) is 4.79 Å². The van der Waals surface area contributed by atoms with Gasteiger partial charge >= 0.3 is 12.1 Å². The molecule has 0 radical (unpaired) electrons. The van der Waals surface area contributed by atoms with Crippen LogP contribution in [0.5, 0.6) is 5.75 Å². The van der Waals surface area contributed by atoms with Crippen LogP contribution in [-0.4, -0.2) is 12.1 Å². The van der Waals surface area contributed by atoms with Gasteiger partial charge in [0, 0.05) is 13.5 Å².